The molecule has 1 N–H and O–H groups in total. The second-order valence-electron chi connectivity index (χ2n) is 6.29. The monoisotopic (exact) mass is 349 g/mol. The van der Waals surface area contributed by atoms with E-state index in [0.717, 1.165) is 23.6 Å². The van der Waals surface area contributed by atoms with Gasteiger partial charge in [-0.2, -0.15) is 13.2 Å². The predicted octanol–water partition coefficient (Wildman–Crippen LogP) is 6.19. The van der Waals surface area contributed by atoms with E-state index in [1.807, 2.05) is 18.2 Å². The van der Waals surface area contributed by atoms with Crippen molar-refractivity contribution in [2.24, 2.45) is 5.92 Å². The molecule has 1 heterocycles. The van der Waals surface area contributed by atoms with Crippen molar-refractivity contribution in [2.75, 3.05) is 5.32 Å². The molecule has 0 spiro atoms. The van der Waals surface area contributed by atoms with Gasteiger partial charge in [-0.1, -0.05) is 48.0 Å². The van der Waals surface area contributed by atoms with E-state index >= 15 is 0 Å². The number of halogens is 4. The number of nitrogens with one attached hydrogen (secondary N) is 1. The molecule has 0 saturated heterocycles. The number of benzene rings is 2. The van der Waals surface area contributed by atoms with Crippen LogP contribution in [-0.2, 0) is 6.18 Å². The Labute approximate surface area is 143 Å². The van der Waals surface area contributed by atoms with Crippen LogP contribution in [0, 0.1) is 5.92 Å². The van der Waals surface area contributed by atoms with E-state index in [4.69, 9.17) is 11.6 Å². The third kappa shape index (κ3) is 2.49. The molecule has 0 fully saturated rings. The molecule has 5 heteroatoms. The number of para-hydroxylation sites is 1. The first kappa shape index (κ1) is 15.6. The minimum Gasteiger partial charge on any atom is -0.377 e. The lowest BCUT2D eigenvalue weighted by atomic mass is 9.76. The van der Waals surface area contributed by atoms with E-state index in [1.54, 1.807) is 18.2 Å². The van der Waals surface area contributed by atoms with Gasteiger partial charge in [0.15, 0.2) is 0 Å². The van der Waals surface area contributed by atoms with E-state index in [9.17, 15) is 13.2 Å². The highest BCUT2D eigenvalue weighted by atomic mass is 35.5. The lowest BCUT2D eigenvalue weighted by Gasteiger charge is -2.38. The fourth-order valence-electron chi connectivity index (χ4n) is 3.86. The third-order valence-corrected chi connectivity index (χ3v) is 5.18. The molecule has 0 unspecified atom stereocenters. The van der Waals surface area contributed by atoms with Gasteiger partial charge in [0, 0.05) is 10.9 Å². The highest BCUT2D eigenvalue weighted by Gasteiger charge is 2.42. The number of hydrogen-bond acceptors (Lipinski definition) is 1. The number of fused-ring (bicyclic) bond motifs is 3. The zero-order chi connectivity index (χ0) is 16.9. The summed E-state index contributed by atoms with van der Waals surface area (Å²) < 4.78 is 40.3. The molecule has 2 aromatic carbocycles. The average Bonchev–Trinajstić information content (AvgIpc) is 3.03. The third-order valence-electron chi connectivity index (χ3n) is 4.93. The van der Waals surface area contributed by atoms with Gasteiger partial charge in [0.1, 0.15) is 0 Å². The number of rotatable bonds is 1. The van der Waals surface area contributed by atoms with Crippen molar-refractivity contribution >= 4 is 17.3 Å². The Kier molecular flexibility index (Phi) is 3.61. The first-order valence-corrected chi connectivity index (χ1v) is 8.22. The second kappa shape index (κ2) is 5.55. The van der Waals surface area contributed by atoms with Crippen molar-refractivity contribution < 1.29 is 13.2 Å². The van der Waals surface area contributed by atoms with Crippen molar-refractivity contribution in [1.29, 1.82) is 0 Å². The molecular formula is C19H15ClF3N. The molecule has 2 aromatic rings. The zero-order valence-electron chi connectivity index (χ0n) is 12.6. The minimum absolute atomic E-state index is 0.00391. The molecular weight excluding hydrogens is 335 g/mol. The normalized spacial score (nSPS) is 25.1. The molecule has 0 radical (unpaired) electrons. The Balaban J connectivity index is 1.84. The largest absolute Gasteiger partial charge is 0.418 e. The fraction of sp³-hybridized carbons (Fsp3) is 0.263. The molecule has 0 saturated carbocycles. The summed E-state index contributed by atoms with van der Waals surface area (Å²) in [4.78, 5) is 0. The first-order valence-electron chi connectivity index (χ1n) is 7.84. The summed E-state index contributed by atoms with van der Waals surface area (Å²) in [5.41, 5.74) is 1.30. The number of anilines is 1. The zero-order valence-corrected chi connectivity index (χ0v) is 13.4. The molecule has 1 aliphatic carbocycles. The van der Waals surface area contributed by atoms with E-state index in [2.05, 4.69) is 11.4 Å². The lowest BCUT2D eigenvalue weighted by molar-refractivity contribution is -0.137. The maximum Gasteiger partial charge on any atom is 0.418 e. The van der Waals surface area contributed by atoms with Gasteiger partial charge >= 0.3 is 6.18 Å². The molecule has 0 bridgehead atoms. The topological polar surface area (TPSA) is 12.0 Å². The van der Waals surface area contributed by atoms with Crippen molar-refractivity contribution in [1.82, 2.24) is 0 Å². The number of allylic oxidation sites excluding steroid dienone is 2. The van der Waals surface area contributed by atoms with Crippen LogP contribution in [0.4, 0.5) is 18.9 Å². The van der Waals surface area contributed by atoms with Crippen LogP contribution in [0.2, 0.25) is 5.02 Å². The standard InChI is InChI=1S/C19H15ClF3N/c20-12-9-7-11(8-10-12)17-14-4-1-3-13(14)15-5-2-6-16(18(15)24-17)19(21,22)23/h1-3,5-10,13-14,17,24H,4H2/t13-,14+,17+/m1/s1. The Morgan fingerprint density at radius 2 is 1.79 bits per heavy atom. The van der Waals surface area contributed by atoms with Crippen LogP contribution in [0.25, 0.3) is 0 Å². The van der Waals surface area contributed by atoms with Gasteiger partial charge in [-0.25, -0.2) is 0 Å². The van der Waals surface area contributed by atoms with Crippen LogP contribution in [-0.4, -0.2) is 0 Å². The van der Waals surface area contributed by atoms with Gasteiger partial charge in [-0.3, -0.25) is 0 Å². The summed E-state index contributed by atoms with van der Waals surface area (Å²) in [6, 6.07) is 11.6. The lowest BCUT2D eigenvalue weighted by Crippen LogP contribution is -2.30. The molecule has 0 aromatic heterocycles. The van der Waals surface area contributed by atoms with Crippen LogP contribution < -0.4 is 5.32 Å². The van der Waals surface area contributed by atoms with Crippen LogP contribution in [0.15, 0.2) is 54.6 Å². The Hall–Kier alpha value is -1.94. The molecule has 1 aliphatic heterocycles. The molecule has 124 valence electrons. The number of alkyl halides is 3. The van der Waals surface area contributed by atoms with E-state index in [0.29, 0.717) is 5.02 Å². The second-order valence-corrected chi connectivity index (χ2v) is 6.73. The Morgan fingerprint density at radius 1 is 1.04 bits per heavy atom. The fourth-order valence-corrected chi connectivity index (χ4v) is 3.98. The maximum atomic E-state index is 13.4. The maximum absolute atomic E-state index is 13.4. The summed E-state index contributed by atoms with van der Waals surface area (Å²) in [6.07, 6.45) is 0.571. The van der Waals surface area contributed by atoms with Gasteiger partial charge in [0.25, 0.3) is 0 Å². The quantitative estimate of drug-likeness (QED) is 0.606. The molecule has 3 atom stereocenters. The van der Waals surface area contributed by atoms with Crippen molar-refractivity contribution in [3.63, 3.8) is 0 Å². The molecule has 24 heavy (non-hydrogen) atoms. The Bertz CT molecular complexity index is 795. The molecule has 1 nitrogen and oxygen atoms in total. The summed E-state index contributed by atoms with van der Waals surface area (Å²) in [5, 5.41) is 3.79. The van der Waals surface area contributed by atoms with Gasteiger partial charge in [-0.05, 0) is 41.7 Å². The smallest absolute Gasteiger partial charge is 0.377 e. The van der Waals surface area contributed by atoms with Crippen molar-refractivity contribution in [2.45, 2.75) is 24.6 Å². The van der Waals surface area contributed by atoms with Gasteiger partial charge in [0.05, 0.1) is 17.3 Å². The minimum atomic E-state index is -4.38. The molecule has 2 aliphatic rings. The van der Waals surface area contributed by atoms with Crippen LogP contribution in [0.1, 0.15) is 35.1 Å². The summed E-state index contributed by atoms with van der Waals surface area (Å²) >= 11 is 5.95. The average molecular weight is 350 g/mol. The molecule has 0 amide bonds. The van der Waals surface area contributed by atoms with Crippen LogP contribution in [0.5, 0.6) is 0 Å². The highest BCUT2D eigenvalue weighted by Crippen LogP contribution is 2.52. The summed E-state index contributed by atoms with van der Waals surface area (Å²) in [6.45, 7) is 0. The number of hydrogen-bond donors (Lipinski definition) is 1. The summed E-state index contributed by atoms with van der Waals surface area (Å²) in [5.74, 6) is 0.214. The van der Waals surface area contributed by atoms with Gasteiger partial charge in [0.2, 0.25) is 0 Å². The van der Waals surface area contributed by atoms with E-state index in [1.165, 1.54) is 6.07 Å². The van der Waals surface area contributed by atoms with Gasteiger partial charge in [-0.15, -0.1) is 0 Å². The highest BCUT2D eigenvalue weighted by molar-refractivity contribution is 6.30. The summed E-state index contributed by atoms with van der Waals surface area (Å²) in [7, 11) is 0. The first-order chi connectivity index (χ1) is 11.4. The predicted molar refractivity (Wildman–Crippen MR) is 89.2 cm³/mol. The van der Waals surface area contributed by atoms with Gasteiger partial charge < -0.3 is 5.32 Å². The Morgan fingerprint density at radius 3 is 2.50 bits per heavy atom. The van der Waals surface area contributed by atoms with Crippen LogP contribution in [0.3, 0.4) is 0 Å². The van der Waals surface area contributed by atoms with E-state index < -0.39 is 11.7 Å². The molecule has 4 rings (SSSR count). The van der Waals surface area contributed by atoms with E-state index in [-0.39, 0.29) is 23.6 Å². The van der Waals surface area contributed by atoms with Crippen LogP contribution >= 0.6 is 11.6 Å². The van der Waals surface area contributed by atoms with Crippen molar-refractivity contribution in [3.8, 4) is 0 Å². The SMILES string of the molecule is FC(F)(F)c1cccc2c1N[C@@H](c1ccc(Cl)cc1)[C@H]1CC=C[C@@H]21. The van der Waals surface area contributed by atoms with Crippen molar-refractivity contribution in [3.05, 3.63) is 76.3 Å².